The molecule has 2 aromatic rings. The lowest BCUT2D eigenvalue weighted by molar-refractivity contribution is 0.630. The molecule has 12 heavy (non-hydrogen) atoms. The minimum atomic E-state index is -0.296. The van der Waals surface area contributed by atoms with Gasteiger partial charge in [-0.15, -0.1) is 24.0 Å². The van der Waals surface area contributed by atoms with E-state index in [9.17, 15) is 4.39 Å². The number of thiophene rings is 1. The normalized spacial score (nSPS) is 10.8. The molecule has 1 aromatic heterocycles. The molecular weight excluding hydrogens is 193 g/mol. The molecule has 1 aromatic carbocycles. The van der Waals surface area contributed by atoms with Crippen LogP contribution in [0.25, 0.3) is 10.1 Å². The number of fused-ring (bicyclic) bond motifs is 1. The van der Waals surface area contributed by atoms with E-state index in [4.69, 9.17) is 5.73 Å². The number of hydrogen-bond donors (Lipinski definition) is 2. The van der Waals surface area contributed by atoms with E-state index in [-0.39, 0.29) is 5.82 Å². The first-order valence-corrected chi connectivity index (χ1v) is 4.66. The summed E-state index contributed by atoms with van der Waals surface area (Å²) >= 11 is 5.66. The maximum absolute atomic E-state index is 12.8. The van der Waals surface area contributed by atoms with Crippen molar-refractivity contribution in [3.8, 4) is 0 Å². The Bertz CT molecular complexity index is 436. The molecule has 0 atom stereocenters. The van der Waals surface area contributed by atoms with Gasteiger partial charge in [0.05, 0.1) is 0 Å². The summed E-state index contributed by atoms with van der Waals surface area (Å²) in [5.74, 6) is -0.296. The van der Waals surface area contributed by atoms with Gasteiger partial charge in [0, 0.05) is 26.0 Å². The molecule has 0 saturated carbocycles. The summed E-state index contributed by atoms with van der Waals surface area (Å²) < 4.78 is 13.7. The van der Waals surface area contributed by atoms with Crippen LogP contribution in [0.1, 0.15) is 0 Å². The van der Waals surface area contributed by atoms with Gasteiger partial charge in [0.15, 0.2) is 0 Å². The van der Waals surface area contributed by atoms with Crippen LogP contribution in [-0.2, 0) is 0 Å². The monoisotopic (exact) mass is 199 g/mol. The van der Waals surface area contributed by atoms with Crippen molar-refractivity contribution >= 4 is 39.7 Å². The predicted octanol–water partition coefficient (Wildman–Crippen LogP) is 2.91. The van der Waals surface area contributed by atoms with Crippen molar-refractivity contribution in [2.24, 2.45) is 0 Å². The average molecular weight is 199 g/mol. The fourth-order valence-electron chi connectivity index (χ4n) is 1.15. The molecule has 0 spiro atoms. The molecule has 0 radical (unpaired) electrons. The summed E-state index contributed by atoms with van der Waals surface area (Å²) in [6.45, 7) is 0. The Morgan fingerprint density at radius 2 is 2.17 bits per heavy atom. The van der Waals surface area contributed by atoms with Crippen LogP contribution in [0.4, 0.5) is 10.1 Å². The Labute approximate surface area is 78.4 Å². The largest absolute Gasteiger partial charge is 0.398 e. The summed E-state index contributed by atoms with van der Waals surface area (Å²) in [4.78, 5) is 0.813. The third kappa shape index (κ3) is 1.07. The number of hydrogen-bond acceptors (Lipinski definition) is 3. The standard InChI is InChI=1S/C8H6FNS2/c9-4-1-5(10)8-6(11)3-12-7(8)2-4/h1-3,11H,10H2. The van der Waals surface area contributed by atoms with Crippen molar-refractivity contribution in [3.05, 3.63) is 23.3 Å². The molecule has 0 saturated heterocycles. The predicted molar refractivity (Wildman–Crippen MR) is 53.4 cm³/mol. The number of rotatable bonds is 0. The summed E-state index contributed by atoms with van der Waals surface area (Å²) in [6.07, 6.45) is 0. The van der Waals surface area contributed by atoms with Crippen LogP contribution in [0.3, 0.4) is 0 Å². The van der Waals surface area contributed by atoms with Gasteiger partial charge < -0.3 is 5.73 Å². The van der Waals surface area contributed by atoms with Crippen molar-refractivity contribution < 1.29 is 4.39 Å². The van der Waals surface area contributed by atoms with Crippen LogP contribution < -0.4 is 5.73 Å². The van der Waals surface area contributed by atoms with E-state index >= 15 is 0 Å². The molecule has 0 fully saturated rings. The second kappa shape index (κ2) is 2.64. The van der Waals surface area contributed by atoms with Crippen LogP contribution in [0.2, 0.25) is 0 Å². The number of thiol groups is 1. The van der Waals surface area contributed by atoms with Gasteiger partial charge in [0.2, 0.25) is 0 Å². The first-order chi connectivity index (χ1) is 5.68. The van der Waals surface area contributed by atoms with E-state index < -0.39 is 0 Å². The van der Waals surface area contributed by atoms with E-state index in [1.807, 2.05) is 5.38 Å². The lowest BCUT2D eigenvalue weighted by atomic mass is 10.2. The Hall–Kier alpha value is -0.740. The highest BCUT2D eigenvalue weighted by Gasteiger charge is 2.05. The highest BCUT2D eigenvalue weighted by Crippen LogP contribution is 2.33. The van der Waals surface area contributed by atoms with E-state index in [1.165, 1.54) is 23.5 Å². The zero-order chi connectivity index (χ0) is 8.72. The lowest BCUT2D eigenvalue weighted by Crippen LogP contribution is -1.86. The highest BCUT2D eigenvalue weighted by molar-refractivity contribution is 7.80. The Morgan fingerprint density at radius 3 is 2.92 bits per heavy atom. The molecule has 1 nitrogen and oxygen atoms in total. The van der Waals surface area contributed by atoms with Crippen molar-refractivity contribution in [1.29, 1.82) is 0 Å². The molecule has 4 heteroatoms. The van der Waals surface area contributed by atoms with E-state index in [0.29, 0.717) is 5.69 Å². The SMILES string of the molecule is Nc1cc(F)cc2scc(S)c12. The summed E-state index contributed by atoms with van der Waals surface area (Å²) in [7, 11) is 0. The topological polar surface area (TPSA) is 26.0 Å². The van der Waals surface area contributed by atoms with Crippen LogP contribution >= 0.6 is 24.0 Å². The van der Waals surface area contributed by atoms with Gasteiger partial charge in [-0.05, 0) is 12.1 Å². The third-order valence-corrected chi connectivity index (χ3v) is 3.11. The molecule has 2 N–H and O–H groups in total. The summed E-state index contributed by atoms with van der Waals surface area (Å²) in [5.41, 5.74) is 6.07. The molecule has 1 heterocycles. The molecule has 0 aliphatic carbocycles. The van der Waals surface area contributed by atoms with Crippen molar-refractivity contribution in [1.82, 2.24) is 0 Å². The molecule has 0 unspecified atom stereocenters. The Morgan fingerprint density at radius 1 is 1.42 bits per heavy atom. The van der Waals surface area contributed by atoms with Gasteiger partial charge in [-0.3, -0.25) is 0 Å². The molecule has 0 bridgehead atoms. The molecule has 0 aliphatic heterocycles. The Balaban J connectivity index is 2.93. The maximum Gasteiger partial charge on any atom is 0.126 e. The van der Waals surface area contributed by atoms with Gasteiger partial charge >= 0.3 is 0 Å². The van der Waals surface area contributed by atoms with Crippen LogP contribution in [0.15, 0.2) is 22.4 Å². The van der Waals surface area contributed by atoms with Gasteiger partial charge in [-0.25, -0.2) is 4.39 Å². The molecule has 0 aliphatic rings. The molecule has 2 rings (SSSR count). The molecule has 62 valence electrons. The second-order valence-electron chi connectivity index (χ2n) is 2.49. The van der Waals surface area contributed by atoms with E-state index in [0.717, 1.165) is 15.0 Å². The van der Waals surface area contributed by atoms with Crippen molar-refractivity contribution in [2.45, 2.75) is 4.90 Å². The smallest absolute Gasteiger partial charge is 0.126 e. The molecule has 0 amide bonds. The van der Waals surface area contributed by atoms with E-state index in [2.05, 4.69) is 12.6 Å². The summed E-state index contributed by atoms with van der Waals surface area (Å²) in [5, 5.41) is 2.70. The van der Waals surface area contributed by atoms with Gasteiger partial charge in [-0.2, -0.15) is 0 Å². The van der Waals surface area contributed by atoms with Crippen LogP contribution in [0, 0.1) is 5.82 Å². The van der Waals surface area contributed by atoms with Gasteiger partial charge in [0.1, 0.15) is 5.82 Å². The molecular formula is C8H6FNS2. The minimum Gasteiger partial charge on any atom is -0.398 e. The first-order valence-electron chi connectivity index (χ1n) is 3.33. The van der Waals surface area contributed by atoms with Gasteiger partial charge in [-0.1, -0.05) is 0 Å². The van der Waals surface area contributed by atoms with Crippen LogP contribution in [-0.4, -0.2) is 0 Å². The van der Waals surface area contributed by atoms with Crippen molar-refractivity contribution in [2.75, 3.05) is 5.73 Å². The first kappa shape index (κ1) is 7.89. The number of nitrogens with two attached hydrogens (primary N) is 1. The number of benzene rings is 1. The van der Waals surface area contributed by atoms with E-state index in [1.54, 1.807) is 0 Å². The van der Waals surface area contributed by atoms with Gasteiger partial charge in [0.25, 0.3) is 0 Å². The van der Waals surface area contributed by atoms with Crippen LogP contribution in [0.5, 0.6) is 0 Å². The quantitative estimate of drug-likeness (QED) is 0.495. The van der Waals surface area contributed by atoms with Crippen molar-refractivity contribution in [3.63, 3.8) is 0 Å². The Kier molecular flexibility index (Phi) is 1.73. The third-order valence-electron chi connectivity index (χ3n) is 1.65. The summed E-state index contributed by atoms with van der Waals surface area (Å²) in [6, 6.07) is 2.78. The zero-order valence-corrected chi connectivity index (χ0v) is 7.75. The fraction of sp³-hybridized carbons (Fsp3) is 0. The number of halogens is 1. The zero-order valence-electron chi connectivity index (χ0n) is 6.04. The average Bonchev–Trinajstić information content (AvgIpc) is 2.31. The highest BCUT2D eigenvalue weighted by atomic mass is 32.1. The number of anilines is 1. The lowest BCUT2D eigenvalue weighted by Gasteiger charge is -1.97. The fourth-order valence-corrected chi connectivity index (χ4v) is 2.51. The number of nitrogen functional groups attached to an aromatic ring is 1. The second-order valence-corrected chi connectivity index (χ2v) is 3.88. The minimum absolute atomic E-state index is 0.296. The maximum atomic E-state index is 12.8.